The molecule has 1 aliphatic carbocycles. The number of sulfone groups is 1. The number of carboxylic acids is 1. The van der Waals surface area contributed by atoms with E-state index in [1.165, 1.54) is 6.92 Å². The summed E-state index contributed by atoms with van der Waals surface area (Å²) in [4.78, 5) is 11.3. The standard InChI is InChI=1S/C10H19NO6S2/c1-10(9(12)13)6-4-3-5-8(10)11-19(16,17)7-18(2,14)15/h8,11H,3-7H2,1-2H3,(H,12,13). The summed E-state index contributed by atoms with van der Waals surface area (Å²) in [5.41, 5.74) is -1.19. The number of carboxylic acid groups (broad SMARTS) is 1. The minimum absolute atomic E-state index is 0.369. The number of hydrogen-bond acceptors (Lipinski definition) is 5. The first-order valence-electron chi connectivity index (χ1n) is 5.87. The van der Waals surface area contributed by atoms with Gasteiger partial charge < -0.3 is 5.11 Å². The Bertz CT molecular complexity index is 553. The van der Waals surface area contributed by atoms with E-state index in [1.807, 2.05) is 0 Å². The first-order chi connectivity index (χ1) is 8.46. The van der Waals surface area contributed by atoms with Crippen LogP contribution in [0, 0.1) is 5.41 Å². The fraction of sp³-hybridized carbons (Fsp3) is 0.900. The summed E-state index contributed by atoms with van der Waals surface area (Å²) in [7, 11) is -7.73. The van der Waals surface area contributed by atoms with Gasteiger partial charge in [0.05, 0.1) is 5.41 Å². The van der Waals surface area contributed by atoms with Gasteiger partial charge in [0, 0.05) is 12.3 Å². The Morgan fingerprint density at radius 1 is 1.32 bits per heavy atom. The van der Waals surface area contributed by atoms with Crippen LogP contribution in [0.15, 0.2) is 0 Å². The lowest BCUT2D eigenvalue weighted by molar-refractivity contribution is -0.151. The second kappa shape index (κ2) is 5.37. The van der Waals surface area contributed by atoms with Crippen LogP contribution in [0.4, 0.5) is 0 Å². The van der Waals surface area contributed by atoms with Crippen LogP contribution in [0.2, 0.25) is 0 Å². The van der Waals surface area contributed by atoms with Crippen molar-refractivity contribution in [2.24, 2.45) is 5.41 Å². The van der Waals surface area contributed by atoms with Gasteiger partial charge in [0.25, 0.3) is 0 Å². The molecule has 0 aromatic carbocycles. The predicted octanol–water partition coefficient (Wildman–Crippen LogP) is -0.0586. The Balaban J connectivity index is 2.93. The van der Waals surface area contributed by atoms with Crippen molar-refractivity contribution in [2.45, 2.75) is 38.6 Å². The van der Waals surface area contributed by atoms with Crippen LogP contribution < -0.4 is 4.72 Å². The summed E-state index contributed by atoms with van der Waals surface area (Å²) >= 11 is 0. The third-order valence-electron chi connectivity index (χ3n) is 3.39. The van der Waals surface area contributed by atoms with E-state index in [4.69, 9.17) is 0 Å². The van der Waals surface area contributed by atoms with Gasteiger partial charge in [0.2, 0.25) is 10.0 Å². The van der Waals surface area contributed by atoms with Gasteiger partial charge in [0.15, 0.2) is 14.9 Å². The minimum atomic E-state index is -4.04. The zero-order valence-electron chi connectivity index (χ0n) is 10.9. The molecule has 0 spiro atoms. The van der Waals surface area contributed by atoms with Crippen molar-refractivity contribution in [2.75, 3.05) is 11.3 Å². The second-order valence-electron chi connectivity index (χ2n) is 5.30. The Labute approximate surface area is 113 Å². The molecule has 9 heteroatoms. The average Bonchev–Trinajstić information content (AvgIpc) is 2.17. The average molecular weight is 313 g/mol. The maximum absolute atomic E-state index is 11.7. The lowest BCUT2D eigenvalue weighted by Crippen LogP contribution is -2.52. The van der Waals surface area contributed by atoms with E-state index in [9.17, 15) is 26.7 Å². The minimum Gasteiger partial charge on any atom is -0.481 e. The molecule has 7 nitrogen and oxygen atoms in total. The van der Waals surface area contributed by atoms with E-state index >= 15 is 0 Å². The van der Waals surface area contributed by atoms with Crippen LogP contribution in [0.1, 0.15) is 32.6 Å². The molecule has 2 N–H and O–H groups in total. The Hall–Kier alpha value is -0.670. The molecule has 2 unspecified atom stereocenters. The van der Waals surface area contributed by atoms with Crippen molar-refractivity contribution in [1.82, 2.24) is 4.72 Å². The maximum atomic E-state index is 11.7. The molecule has 0 aromatic rings. The quantitative estimate of drug-likeness (QED) is 0.734. The van der Waals surface area contributed by atoms with Crippen LogP contribution in [0.5, 0.6) is 0 Å². The lowest BCUT2D eigenvalue weighted by Gasteiger charge is -2.37. The molecule has 0 amide bonds. The smallest absolute Gasteiger partial charge is 0.310 e. The highest BCUT2D eigenvalue weighted by Gasteiger charge is 2.45. The highest BCUT2D eigenvalue weighted by Crippen LogP contribution is 2.36. The van der Waals surface area contributed by atoms with Gasteiger partial charge in [-0.15, -0.1) is 0 Å². The molecule has 0 bridgehead atoms. The number of hydrogen-bond donors (Lipinski definition) is 2. The first-order valence-corrected chi connectivity index (χ1v) is 9.59. The largest absolute Gasteiger partial charge is 0.481 e. The number of sulfonamides is 1. The van der Waals surface area contributed by atoms with Crippen molar-refractivity contribution in [3.8, 4) is 0 Å². The molecule has 0 heterocycles. The monoisotopic (exact) mass is 313 g/mol. The van der Waals surface area contributed by atoms with Crippen LogP contribution in [-0.4, -0.2) is 45.3 Å². The molecule has 0 saturated heterocycles. The summed E-state index contributed by atoms with van der Waals surface area (Å²) in [6.45, 7) is 1.49. The molecule has 1 fully saturated rings. The van der Waals surface area contributed by atoms with Gasteiger partial charge in [-0.1, -0.05) is 12.8 Å². The summed E-state index contributed by atoms with van der Waals surface area (Å²) < 4.78 is 47.8. The SMILES string of the molecule is CC1(C(=O)O)CCCCC1NS(=O)(=O)CS(C)(=O)=O. The highest BCUT2D eigenvalue weighted by atomic mass is 32.3. The van der Waals surface area contributed by atoms with Gasteiger partial charge in [0.1, 0.15) is 0 Å². The summed E-state index contributed by atoms with van der Waals surface area (Å²) in [5.74, 6) is -1.07. The molecule has 19 heavy (non-hydrogen) atoms. The zero-order chi connectivity index (χ0) is 14.9. The molecular formula is C10H19NO6S2. The molecule has 0 radical (unpaired) electrons. The Morgan fingerprint density at radius 2 is 1.89 bits per heavy atom. The van der Waals surface area contributed by atoms with Crippen LogP contribution in [0.25, 0.3) is 0 Å². The molecule has 0 aromatic heterocycles. The molecule has 112 valence electrons. The van der Waals surface area contributed by atoms with E-state index in [2.05, 4.69) is 4.72 Å². The molecule has 1 rings (SSSR count). The number of carbonyl (C=O) groups is 1. The van der Waals surface area contributed by atoms with Crippen LogP contribution >= 0.6 is 0 Å². The third-order valence-corrected chi connectivity index (χ3v) is 6.99. The molecule has 1 aliphatic rings. The van der Waals surface area contributed by atoms with Gasteiger partial charge >= 0.3 is 5.97 Å². The Morgan fingerprint density at radius 3 is 2.37 bits per heavy atom. The number of nitrogens with one attached hydrogen (secondary N) is 1. The van der Waals surface area contributed by atoms with Crippen molar-refractivity contribution >= 4 is 25.8 Å². The molecule has 2 atom stereocenters. The molecular weight excluding hydrogens is 294 g/mol. The van der Waals surface area contributed by atoms with Crippen molar-refractivity contribution in [1.29, 1.82) is 0 Å². The predicted molar refractivity (Wildman–Crippen MR) is 69.8 cm³/mol. The topological polar surface area (TPSA) is 118 Å². The summed E-state index contributed by atoms with van der Waals surface area (Å²) in [6, 6.07) is -0.773. The second-order valence-corrected chi connectivity index (χ2v) is 9.56. The normalized spacial score (nSPS) is 29.1. The van der Waals surface area contributed by atoms with E-state index in [0.717, 1.165) is 12.7 Å². The molecule has 0 aliphatic heterocycles. The van der Waals surface area contributed by atoms with E-state index < -0.39 is 42.4 Å². The fourth-order valence-corrected chi connectivity index (χ4v) is 5.65. The van der Waals surface area contributed by atoms with Crippen molar-refractivity contribution in [3.05, 3.63) is 0 Å². The highest BCUT2D eigenvalue weighted by molar-refractivity contribution is 8.06. The Kier molecular flexibility index (Phi) is 4.63. The third kappa shape index (κ3) is 4.43. The summed E-state index contributed by atoms with van der Waals surface area (Å²) in [5, 5.41) is 8.22. The number of rotatable bonds is 5. The summed E-state index contributed by atoms with van der Waals surface area (Å²) in [6.07, 6.45) is 3.02. The van der Waals surface area contributed by atoms with Gasteiger partial charge in [-0.3, -0.25) is 4.79 Å². The first kappa shape index (κ1) is 16.4. The van der Waals surface area contributed by atoms with E-state index in [-0.39, 0.29) is 0 Å². The zero-order valence-corrected chi connectivity index (χ0v) is 12.6. The van der Waals surface area contributed by atoms with Crippen molar-refractivity contribution < 1.29 is 26.7 Å². The van der Waals surface area contributed by atoms with Gasteiger partial charge in [-0.05, 0) is 19.8 Å². The van der Waals surface area contributed by atoms with Gasteiger partial charge in [-0.25, -0.2) is 21.6 Å². The fourth-order valence-electron chi connectivity index (χ4n) is 2.31. The van der Waals surface area contributed by atoms with Crippen LogP contribution in [0.3, 0.4) is 0 Å². The van der Waals surface area contributed by atoms with Gasteiger partial charge in [-0.2, -0.15) is 0 Å². The van der Waals surface area contributed by atoms with E-state index in [1.54, 1.807) is 0 Å². The molecule has 1 saturated carbocycles. The number of aliphatic carboxylic acids is 1. The lowest BCUT2D eigenvalue weighted by atomic mass is 9.72. The van der Waals surface area contributed by atoms with Crippen LogP contribution in [-0.2, 0) is 24.7 Å². The van der Waals surface area contributed by atoms with Crippen molar-refractivity contribution in [3.63, 3.8) is 0 Å². The maximum Gasteiger partial charge on any atom is 0.310 e. The van der Waals surface area contributed by atoms with E-state index in [0.29, 0.717) is 19.3 Å².